The van der Waals surface area contributed by atoms with Gasteiger partial charge < -0.3 is 0 Å². The van der Waals surface area contributed by atoms with Crippen molar-refractivity contribution in [1.29, 1.82) is 0 Å². The van der Waals surface area contributed by atoms with E-state index in [2.05, 4.69) is 18.8 Å². The third kappa shape index (κ3) is 2.82. The van der Waals surface area contributed by atoms with Crippen molar-refractivity contribution in [2.24, 2.45) is 14.1 Å². The first kappa shape index (κ1) is 16.2. The summed E-state index contributed by atoms with van der Waals surface area (Å²) in [7, 11) is 3.16. The molecule has 1 saturated carbocycles. The van der Waals surface area contributed by atoms with E-state index >= 15 is 0 Å². The molecule has 2 heterocycles. The van der Waals surface area contributed by atoms with E-state index in [0.717, 1.165) is 23.2 Å². The van der Waals surface area contributed by atoms with Gasteiger partial charge in [-0.15, -0.1) is 11.8 Å². The van der Waals surface area contributed by atoms with Crippen molar-refractivity contribution in [1.82, 2.24) is 19.1 Å². The number of aryl methyl sites for hydroxylation is 1. The van der Waals surface area contributed by atoms with Crippen molar-refractivity contribution in [3.63, 3.8) is 0 Å². The smallest absolute Gasteiger partial charge is 0.280 e. The maximum atomic E-state index is 12.6. The van der Waals surface area contributed by atoms with E-state index in [1.165, 1.54) is 24.5 Å². The lowest BCUT2D eigenvalue weighted by atomic mass is 10.1. The highest BCUT2D eigenvalue weighted by Gasteiger charge is 2.24. The van der Waals surface area contributed by atoms with Gasteiger partial charge in [-0.1, -0.05) is 26.7 Å². The molecule has 7 heteroatoms. The fourth-order valence-corrected chi connectivity index (χ4v) is 4.01. The van der Waals surface area contributed by atoms with Crippen LogP contribution < -0.4 is 11.2 Å². The highest BCUT2D eigenvalue weighted by molar-refractivity contribution is 8.00. The first-order valence-corrected chi connectivity index (χ1v) is 8.92. The predicted octanol–water partition coefficient (Wildman–Crippen LogP) is 2.19. The summed E-state index contributed by atoms with van der Waals surface area (Å²) in [4.78, 5) is 34.2. The van der Waals surface area contributed by atoms with Crippen LogP contribution in [0.2, 0.25) is 0 Å². The molecule has 2 aromatic rings. The first-order chi connectivity index (χ1) is 10.9. The van der Waals surface area contributed by atoms with Crippen LogP contribution in [0.25, 0.3) is 11.0 Å². The fraction of sp³-hybridized carbons (Fsp3) is 0.625. The number of nitrogens with zero attached hydrogens (tertiary/aromatic N) is 4. The molecular weight excluding hydrogens is 312 g/mol. The fourth-order valence-electron chi connectivity index (χ4n) is 3.12. The standard InChI is InChI=1S/C16H22N4O2S/c1-9(2)23-14-11-13(19(3)16(22)20(4)15(11)21)17-12(18-14)10-7-5-6-8-10/h9-10H,5-8H2,1-4H3. The Morgan fingerprint density at radius 2 is 1.74 bits per heavy atom. The highest BCUT2D eigenvalue weighted by Crippen LogP contribution is 2.34. The van der Waals surface area contributed by atoms with Gasteiger partial charge in [0.25, 0.3) is 5.56 Å². The van der Waals surface area contributed by atoms with E-state index in [-0.39, 0.29) is 11.2 Å². The Labute approximate surface area is 139 Å². The molecule has 1 aliphatic rings. The summed E-state index contributed by atoms with van der Waals surface area (Å²) in [6, 6.07) is 0. The van der Waals surface area contributed by atoms with Crippen LogP contribution in [0, 0.1) is 0 Å². The molecule has 3 rings (SSSR count). The number of aromatic nitrogens is 4. The van der Waals surface area contributed by atoms with Gasteiger partial charge in [-0.25, -0.2) is 14.8 Å². The van der Waals surface area contributed by atoms with Crippen LogP contribution >= 0.6 is 11.8 Å². The molecule has 23 heavy (non-hydrogen) atoms. The molecule has 1 fully saturated rings. The van der Waals surface area contributed by atoms with E-state index in [4.69, 9.17) is 4.98 Å². The zero-order valence-corrected chi connectivity index (χ0v) is 14.8. The van der Waals surface area contributed by atoms with E-state index in [0.29, 0.717) is 27.2 Å². The molecule has 0 atom stereocenters. The number of thioether (sulfide) groups is 1. The SMILES string of the molecule is CC(C)Sc1nc(C2CCCC2)nc2c1c(=O)n(C)c(=O)n2C. The summed E-state index contributed by atoms with van der Waals surface area (Å²) in [6.07, 6.45) is 4.54. The van der Waals surface area contributed by atoms with Crippen LogP contribution in [0.5, 0.6) is 0 Å². The lowest BCUT2D eigenvalue weighted by Crippen LogP contribution is -2.38. The van der Waals surface area contributed by atoms with Gasteiger partial charge in [0.2, 0.25) is 0 Å². The third-order valence-electron chi connectivity index (χ3n) is 4.35. The van der Waals surface area contributed by atoms with Crippen molar-refractivity contribution in [2.75, 3.05) is 0 Å². The van der Waals surface area contributed by atoms with Crippen LogP contribution in [-0.2, 0) is 14.1 Å². The van der Waals surface area contributed by atoms with Crippen molar-refractivity contribution in [3.8, 4) is 0 Å². The van der Waals surface area contributed by atoms with Crippen LogP contribution in [0.1, 0.15) is 51.3 Å². The van der Waals surface area contributed by atoms with Gasteiger partial charge in [0, 0.05) is 25.3 Å². The lowest BCUT2D eigenvalue weighted by Gasteiger charge is -2.15. The maximum Gasteiger partial charge on any atom is 0.332 e. The van der Waals surface area contributed by atoms with Crippen LogP contribution in [0.4, 0.5) is 0 Å². The molecule has 1 aliphatic carbocycles. The van der Waals surface area contributed by atoms with E-state index in [1.54, 1.807) is 18.8 Å². The molecule has 0 bridgehead atoms. The Balaban J connectivity index is 2.35. The second-order valence-corrected chi connectivity index (χ2v) is 8.00. The zero-order valence-electron chi connectivity index (χ0n) is 14.0. The minimum Gasteiger partial charge on any atom is -0.280 e. The van der Waals surface area contributed by atoms with Crippen LogP contribution in [0.15, 0.2) is 14.6 Å². The van der Waals surface area contributed by atoms with Crippen molar-refractivity contribution in [3.05, 3.63) is 26.7 Å². The molecule has 0 spiro atoms. The monoisotopic (exact) mass is 334 g/mol. The van der Waals surface area contributed by atoms with Gasteiger partial charge in [0.1, 0.15) is 16.2 Å². The third-order valence-corrected chi connectivity index (χ3v) is 5.34. The molecule has 6 nitrogen and oxygen atoms in total. The topological polar surface area (TPSA) is 69.8 Å². The van der Waals surface area contributed by atoms with Crippen LogP contribution in [0.3, 0.4) is 0 Å². The lowest BCUT2D eigenvalue weighted by molar-refractivity contribution is 0.648. The Kier molecular flexibility index (Phi) is 4.31. The average Bonchev–Trinajstić information content (AvgIpc) is 3.04. The molecule has 124 valence electrons. The molecule has 0 aliphatic heterocycles. The summed E-state index contributed by atoms with van der Waals surface area (Å²) in [5, 5.41) is 1.45. The van der Waals surface area contributed by atoms with Gasteiger partial charge in [0.15, 0.2) is 5.65 Å². The van der Waals surface area contributed by atoms with Gasteiger partial charge in [-0.3, -0.25) is 13.9 Å². The Bertz CT molecular complexity index is 863. The number of rotatable bonds is 3. The van der Waals surface area contributed by atoms with E-state index in [9.17, 15) is 9.59 Å². The molecular formula is C16H22N4O2S. The molecule has 0 N–H and O–H groups in total. The van der Waals surface area contributed by atoms with Gasteiger partial charge >= 0.3 is 5.69 Å². The number of hydrogen-bond acceptors (Lipinski definition) is 5. The number of hydrogen-bond donors (Lipinski definition) is 0. The van der Waals surface area contributed by atoms with Gasteiger partial charge in [0.05, 0.1) is 0 Å². The van der Waals surface area contributed by atoms with Crippen LogP contribution in [-0.4, -0.2) is 24.4 Å². The largest absolute Gasteiger partial charge is 0.332 e. The number of fused-ring (bicyclic) bond motifs is 1. The predicted molar refractivity (Wildman–Crippen MR) is 92.2 cm³/mol. The maximum absolute atomic E-state index is 12.6. The molecule has 0 radical (unpaired) electrons. The van der Waals surface area contributed by atoms with Crippen molar-refractivity contribution < 1.29 is 0 Å². The minimum absolute atomic E-state index is 0.298. The van der Waals surface area contributed by atoms with Gasteiger partial charge in [-0.05, 0) is 12.8 Å². The Morgan fingerprint density at radius 3 is 2.35 bits per heavy atom. The molecule has 2 aromatic heterocycles. The molecule has 0 saturated heterocycles. The normalized spacial score (nSPS) is 15.9. The second-order valence-electron chi connectivity index (χ2n) is 6.44. The first-order valence-electron chi connectivity index (χ1n) is 8.04. The Morgan fingerprint density at radius 1 is 1.09 bits per heavy atom. The second kappa shape index (κ2) is 6.11. The molecule has 0 unspecified atom stereocenters. The summed E-state index contributed by atoms with van der Waals surface area (Å²) < 4.78 is 2.59. The summed E-state index contributed by atoms with van der Waals surface area (Å²) >= 11 is 1.56. The Hall–Kier alpha value is -1.63. The minimum atomic E-state index is -0.348. The van der Waals surface area contributed by atoms with E-state index < -0.39 is 0 Å². The highest BCUT2D eigenvalue weighted by atomic mass is 32.2. The quantitative estimate of drug-likeness (QED) is 0.636. The van der Waals surface area contributed by atoms with Crippen molar-refractivity contribution in [2.45, 2.75) is 55.7 Å². The average molecular weight is 334 g/mol. The van der Waals surface area contributed by atoms with Crippen molar-refractivity contribution >= 4 is 22.8 Å². The summed E-state index contributed by atoms with van der Waals surface area (Å²) in [5.74, 6) is 1.12. The zero-order chi connectivity index (χ0) is 16.7. The van der Waals surface area contributed by atoms with Gasteiger partial charge in [-0.2, -0.15) is 0 Å². The molecule has 0 aromatic carbocycles. The summed E-state index contributed by atoms with van der Waals surface area (Å²) in [6.45, 7) is 4.14. The summed E-state index contributed by atoms with van der Waals surface area (Å²) in [5.41, 5.74) is -0.207. The molecule has 0 amide bonds. The van der Waals surface area contributed by atoms with E-state index in [1.807, 2.05) is 0 Å².